The highest BCUT2D eigenvalue weighted by Crippen LogP contribution is 2.41. The zero-order chi connectivity index (χ0) is 13.9. The molecule has 1 aromatic rings. The smallest absolute Gasteiger partial charge is 0.271 e. The van der Waals surface area contributed by atoms with Crippen molar-refractivity contribution in [3.8, 4) is 0 Å². The molecular formula is C14H20N4O2. The van der Waals surface area contributed by atoms with Gasteiger partial charge in [-0.1, -0.05) is 0 Å². The van der Waals surface area contributed by atoms with Crippen LogP contribution in [0.3, 0.4) is 0 Å². The van der Waals surface area contributed by atoms with E-state index in [-0.39, 0.29) is 18.6 Å². The average molecular weight is 276 g/mol. The van der Waals surface area contributed by atoms with Gasteiger partial charge in [-0.15, -0.1) is 0 Å². The summed E-state index contributed by atoms with van der Waals surface area (Å²) in [5, 5.41) is 12.2. The molecule has 0 aromatic carbocycles. The fourth-order valence-corrected chi connectivity index (χ4v) is 3.05. The molecule has 20 heavy (non-hydrogen) atoms. The van der Waals surface area contributed by atoms with Crippen molar-refractivity contribution in [2.45, 2.75) is 18.9 Å². The van der Waals surface area contributed by atoms with E-state index in [0.717, 1.165) is 19.0 Å². The molecule has 0 spiro atoms. The van der Waals surface area contributed by atoms with Crippen molar-refractivity contribution >= 4 is 5.91 Å². The third-order valence-corrected chi connectivity index (χ3v) is 4.20. The SMILES string of the molecule is O=C(N[C@@H]1CN(CCO)C[C@H]1C1CC1)c1cnccn1. The van der Waals surface area contributed by atoms with Crippen molar-refractivity contribution in [3.05, 3.63) is 24.3 Å². The molecule has 1 saturated heterocycles. The van der Waals surface area contributed by atoms with E-state index >= 15 is 0 Å². The maximum absolute atomic E-state index is 12.2. The molecule has 1 aliphatic carbocycles. The van der Waals surface area contributed by atoms with Gasteiger partial charge < -0.3 is 10.4 Å². The van der Waals surface area contributed by atoms with Crippen LogP contribution in [0.5, 0.6) is 0 Å². The number of likely N-dealkylation sites (tertiary alicyclic amines) is 1. The van der Waals surface area contributed by atoms with Gasteiger partial charge in [0.05, 0.1) is 12.8 Å². The number of hydrogen-bond acceptors (Lipinski definition) is 5. The fraction of sp³-hybridized carbons (Fsp3) is 0.643. The standard InChI is InChI=1S/C14H20N4O2/c19-6-5-18-8-11(10-1-2-10)13(9-18)17-14(20)12-7-15-3-4-16-12/h3-4,7,10-11,13,19H,1-2,5-6,8-9H2,(H,17,20)/t11-,13+/m0/s1. The summed E-state index contributed by atoms with van der Waals surface area (Å²) in [6.45, 7) is 2.63. The van der Waals surface area contributed by atoms with E-state index in [9.17, 15) is 4.79 Å². The molecule has 6 heteroatoms. The van der Waals surface area contributed by atoms with Crippen molar-refractivity contribution in [1.82, 2.24) is 20.2 Å². The molecule has 1 saturated carbocycles. The minimum Gasteiger partial charge on any atom is -0.395 e. The second-order valence-corrected chi connectivity index (χ2v) is 5.66. The molecule has 3 rings (SSSR count). The van der Waals surface area contributed by atoms with Crippen LogP contribution in [0, 0.1) is 11.8 Å². The summed E-state index contributed by atoms with van der Waals surface area (Å²) in [5.74, 6) is 1.08. The summed E-state index contributed by atoms with van der Waals surface area (Å²) >= 11 is 0. The highest BCUT2D eigenvalue weighted by atomic mass is 16.3. The third-order valence-electron chi connectivity index (χ3n) is 4.20. The molecule has 1 aliphatic heterocycles. The number of hydrogen-bond donors (Lipinski definition) is 2. The summed E-state index contributed by atoms with van der Waals surface area (Å²) in [5.41, 5.74) is 0.364. The predicted molar refractivity (Wildman–Crippen MR) is 73.0 cm³/mol. The maximum Gasteiger partial charge on any atom is 0.271 e. The Balaban J connectivity index is 1.64. The molecule has 2 atom stereocenters. The lowest BCUT2D eigenvalue weighted by Crippen LogP contribution is -2.41. The number of aliphatic hydroxyl groups excluding tert-OH is 1. The van der Waals surface area contributed by atoms with Crippen LogP contribution >= 0.6 is 0 Å². The zero-order valence-electron chi connectivity index (χ0n) is 11.4. The fourth-order valence-electron chi connectivity index (χ4n) is 3.05. The summed E-state index contributed by atoms with van der Waals surface area (Å²) in [4.78, 5) is 22.4. The topological polar surface area (TPSA) is 78.4 Å². The molecule has 108 valence electrons. The Morgan fingerprint density at radius 2 is 2.25 bits per heavy atom. The molecule has 2 aliphatic rings. The van der Waals surface area contributed by atoms with Crippen LogP contribution in [0.25, 0.3) is 0 Å². The minimum atomic E-state index is -0.153. The first-order valence-electron chi connectivity index (χ1n) is 7.18. The van der Waals surface area contributed by atoms with Crippen molar-refractivity contribution in [1.29, 1.82) is 0 Å². The first-order chi connectivity index (χ1) is 9.78. The number of carbonyl (C=O) groups excluding carboxylic acids is 1. The van der Waals surface area contributed by atoms with Crippen LogP contribution in [-0.2, 0) is 0 Å². The van der Waals surface area contributed by atoms with Gasteiger partial charge in [0.25, 0.3) is 5.91 Å². The number of amides is 1. The lowest BCUT2D eigenvalue weighted by molar-refractivity contribution is 0.0922. The van der Waals surface area contributed by atoms with Crippen molar-refractivity contribution in [2.75, 3.05) is 26.2 Å². The van der Waals surface area contributed by atoms with Gasteiger partial charge in [-0.25, -0.2) is 4.98 Å². The van der Waals surface area contributed by atoms with Gasteiger partial charge in [0.1, 0.15) is 5.69 Å². The summed E-state index contributed by atoms with van der Waals surface area (Å²) in [6, 6.07) is 0.156. The number of nitrogens with one attached hydrogen (secondary N) is 1. The monoisotopic (exact) mass is 276 g/mol. The molecule has 2 heterocycles. The van der Waals surface area contributed by atoms with Gasteiger partial charge in [-0.3, -0.25) is 14.7 Å². The van der Waals surface area contributed by atoms with Crippen LogP contribution < -0.4 is 5.32 Å². The van der Waals surface area contributed by atoms with Crippen LogP contribution in [0.2, 0.25) is 0 Å². The molecule has 2 N–H and O–H groups in total. The molecule has 0 unspecified atom stereocenters. The lowest BCUT2D eigenvalue weighted by atomic mass is 9.98. The predicted octanol–water partition coefficient (Wildman–Crippen LogP) is -0.0909. The van der Waals surface area contributed by atoms with Crippen molar-refractivity contribution in [3.63, 3.8) is 0 Å². The number of nitrogens with zero attached hydrogens (tertiary/aromatic N) is 3. The molecule has 0 bridgehead atoms. The lowest BCUT2D eigenvalue weighted by Gasteiger charge is -2.19. The summed E-state index contributed by atoms with van der Waals surface area (Å²) in [7, 11) is 0. The van der Waals surface area contributed by atoms with Gasteiger partial charge in [0, 0.05) is 38.1 Å². The maximum atomic E-state index is 12.2. The number of rotatable bonds is 5. The Labute approximate surface area is 118 Å². The first-order valence-corrected chi connectivity index (χ1v) is 7.18. The minimum absolute atomic E-state index is 0.153. The van der Waals surface area contributed by atoms with Gasteiger partial charge >= 0.3 is 0 Å². The number of carbonyl (C=O) groups is 1. The molecule has 1 amide bonds. The molecule has 1 aromatic heterocycles. The second-order valence-electron chi connectivity index (χ2n) is 5.66. The van der Waals surface area contributed by atoms with Crippen LogP contribution in [0.4, 0.5) is 0 Å². The van der Waals surface area contributed by atoms with E-state index in [4.69, 9.17) is 5.11 Å². The van der Waals surface area contributed by atoms with Gasteiger partial charge in [-0.05, 0) is 24.7 Å². The van der Waals surface area contributed by atoms with Gasteiger partial charge in [0.2, 0.25) is 0 Å². The Morgan fingerprint density at radius 1 is 1.40 bits per heavy atom. The normalized spacial score (nSPS) is 26.6. The average Bonchev–Trinajstić information content (AvgIpc) is 3.24. The molecule has 0 radical (unpaired) electrons. The Kier molecular flexibility index (Phi) is 3.93. The summed E-state index contributed by atoms with van der Waals surface area (Å²) < 4.78 is 0. The number of aliphatic hydroxyl groups is 1. The highest BCUT2D eigenvalue weighted by molar-refractivity contribution is 5.92. The van der Waals surface area contributed by atoms with Gasteiger partial charge in [-0.2, -0.15) is 0 Å². The van der Waals surface area contributed by atoms with E-state index in [0.29, 0.717) is 18.2 Å². The Hall–Kier alpha value is -1.53. The molecular weight excluding hydrogens is 256 g/mol. The Bertz CT molecular complexity index is 464. The van der Waals surface area contributed by atoms with E-state index < -0.39 is 0 Å². The Morgan fingerprint density at radius 3 is 2.90 bits per heavy atom. The van der Waals surface area contributed by atoms with Crippen molar-refractivity contribution in [2.24, 2.45) is 11.8 Å². The zero-order valence-corrected chi connectivity index (χ0v) is 11.4. The highest BCUT2D eigenvalue weighted by Gasteiger charge is 2.42. The van der Waals surface area contributed by atoms with E-state index in [1.54, 1.807) is 6.20 Å². The molecule has 2 fully saturated rings. The quantitative estimate of drug-likeness (QED) is 0.786. The third kappa shape index (κ3) is 2.96. The van der Waals surface area contributed by atoms with E-state index in [1.807, 2.05) is 0 Å². The largest absolute Gasteiger partial charge is 0.395 e. The van der Waals surface area contributed by atoms with Crippen LogP contribution in [0.1, 0.15) is 23.3 Å². The number of aromatic nitrogens is 2. The van der Waals surface area contributed by atoms with E-state index in [1.165, 1.54) is 25.2 Å². The van der Waals surface area contributed by atoms with Crippen LogP contribution in [0.15, 0.2) is 18.6 Å². The second kappa shape index (κ2) is 5.85. The first kappa shape index (κ1) is 13.5. The molecule has 6 nitrogen and oxygen atoms in total. The van der Waals surface area contributed by atoms with Crippen molar-refractivity contribution < 1.29 is 9.90 Å². The van der Waals surface area contributed by atoms with Gasteiger partial charge in [0.15, 0.2) is 0 Å². The van der Waals surface area contributed by atoms with Crippen LogP contribution in [-0.4, -0.2) is 58.2 Å². The summed E-state index contributed by atoms with van der Waals surface area (Å²) in [6.07, 6.45) is 7.09. The van der Waals surface area contributed by atoms with E-state index in [2.05, 4.69) is 20.2 Å². The number of β-amino-alcohol motifs (C(OH)–C–C–N with tert-alkyl or cyclic N) is 1.